The topological polar surface area (TPSA) is 82.2 Å². The molecule has 2 heterocycles. The van der Waals surface area contributed by atoms with Crippen LogP contribution in [0, 0.1) is 13.8 Å². The fourth-order valence-electron chi connectivity index (χ4n) is 3.50. The lowest BCUT2D eigenvalue weighted by molar-refractivity contribution is -0.115. The van der Waals surface area contributed by atoms with E-state index >= 15 is 0 Å². The molecule has 1 N–H and O–H groups in total. The number of hydrogen-bond acceptors (Lipinski definition) is 6. The van der Waals surface area contributed by atoms with Gasteiger partial charge < -0.3 is 14.5 Å². The molecular formula is C25H26N4O3S. The molecule has 0 bridgehead atoms. The van der Waals surface area contributed by atoms with E-state index in [2.05, 4.69) is 15.5 Å². The molecule has 0 fully saturated rings. The number of aryl methyl sites for hydroxylation is 2. The number of benzene rings is 2. The van der Waals surface area contributed by atoms with Gasteiger partial charge in [0.1, 0.15) is 11.5 Å². The van der Waals surface area contributed by atoms with Crippen molar-refractivity contribution in [3.8, 4) is 17.1 Å². The number of hydrogen-bond donors (Lipinski definition) is 1. The van der Waals surface area contributed by atoms with Crippen molar-refractivity contribution in [3.05, 3.63) is 77.7 Å². The normalized spacial score (nSPS) is 11.9. The summed E-state index contributed by atoms with van der Waals surface area (Å²) in [5.74, 6) is 2.09. The van der Waals surface area contributed by atoms with Gasteiger partial charge in [-0.15, -0.1) is 10.2 Å². The lowest BCUT2D eigenvalue weighted by Gasteiger charge is -2.16. The summed E-state index contributed by atoms with van der Waals surface area (Å²) in [7, 11) is 1.63. The number of nitrogens with one attached hydrogen (secondary N) is 1. The average molecular weight is 463 g/mol. The Morgan fingerprint density at radius 1 is 1.12 bits per heavy atom. The Labute approximate surface area is 197 Å². The maximum absolute atomic E-state index is 13.0. The summed E-state index contributed by atoms with van der Waals surface area (Å²) in [6.07, 6.45) is 1.64. The van der Waals surface area contributed by atoms with Gasteiger partial charge in [0.2, 0.25) is 5.91 Å². The van der Waals surface area contributed by atoms with Crippen molar-refractivity contribution in [2.24, 2.45) is 0 Å². The second kappa shape index (κ2) is 9.95. The van der Waals surface area contributed by atoms with Crippen LogP contribution in [0.2, 0.25) is 0 Å². The van der Waals surface area contributed by atoms with E-state index in [1.807, 2.05) is 79.9 Å². The minimum absolute atomic E-state index is 0.0899. The minimum Gasteiger partial charge on any atom is -0.497 e. The van der Waals surface area contributed by atoms with E-state index in [0.717, 1.165) is 33.9 Å². The van der Waals surface area contributed by atoms with Gasteiger partial charge in [0.25, 0.3) is 0 Å². The molecule has 2 aromatic carbocycles. The number of carbonyl (C=O) groups is 1. The Bertz CT molecular complexity index is 1230. The number of amides is 1. The van der Waals surface area contributed by atoms with Crippen molar-refractivity contribution in [1.82, 2.24) is 14.8 Å². The quantitative estimate of drug-likeness (QED) is 0.356. The summed E-state index contributed by atoms with van der Waals surface area (Å²) < 4.78 is 12.9. The van der Waals surface area contributed by atoms with E-state index in [1.54, 1.807) is 13.4 Å². The van der Waals surface area contributed by atoms with E-state index in [4.69, 9.17) is 9.15 Å². The lowest BCUT2D eigenvalue weighted by atomic mass is 10.1. The molecule has 2 aromatic heterocycles. The molecule has 1 atom stereocenters. The average Bonchev–Trinajstić information content (AvgIpc) is 3.47. The highest BCUT2D eigenvalue weighted by Gasteiger charge is 2.22. The van der Waals surface area contributed by atoms with Crippen molar-refractivity contribution in [2.45, 2.75) is 37.7 Å². The third-order valence-electron chi connectivity index (χ3n) is 5.32. The van der Waals surface area contributed by atoms with Crippen LogP contribution in [0.3, 0.4) is 0 Å². The number of anilines is 1. The number of carbonyl (C=O) groups excluding carboxylic acids is 1. The molecule has 4 rings (SSSR count). The third kappa shape index (κ3) is 5.12. The molecule has 0 saturated heterocycles. The molecule has 7 nitrogen and oxygen atoms in total. The van der Waals surface area contributed by atoms with Crippen LogP contribution in [0.15, 0.2) is 70.4 Å². The van der Waals surface area contributed by atoms with Gasteiger partial charge in [-0.3, -0.25) is 9.36 Å². The number of thioether (sulfide) groups is 1. The van der Waals surface area contributed by atoms with Crippen LogP contribution < -0.4 is 10.1 Å². The SMILES string of the molecule is COc1cccc(-c2nnc(SC(C)C(=O)Nc3c(C)cccc3C)n2Cc2ccco2)c1. The fraction of sp³-hybridized carbons (Fsp3) is 0.240. The molecule has 4 aromatic rings. The van der Waals surface area contributed by atoms with E-state index in [9.17, 15) is 4.79 Å². The van der Waals surface area contributed by atoms with Gasteiger partial charge in [0.05, 0.1) is 25.2 Å². The first-order valence-electron chi connectivity index (χ1n) is 10.6. The predicted octanol–water partition coefficient (Wildman–Crippen LogP) is 5.33. The Balaban J connectivity index is 1.61. The summed E-state index contributed by atoms with van der Waals surface area (Å²) >= 11 is 1.36. The Kier molecular flexibility index (Phi) is 6.84. The van der Waals surface area contributed by atoms with Crippen molar-refractivity contribution >= 4 is 23.4 Å². The van der Waals surface area contributed by atoms with Crippen LogP contribution in [-0.2, 0) is 11.3 Å². The summed E-state index contributed by atoms with van der Waals surface area (Å²) in [6.45, 7) is 6.28. The zero-order valence-corrected chi connectivity index (χ0v) is 19.8. The van der Waals surface area contributed by atoms with Crippen LogP contribution in [0.5, 0.6) is 5.75 Å². The molecule has 8 heteroatoms. The Morgan fingerprint density at radius 3 is 2.58 bits per heavy atom. The van der Waals surface area contributed by atoms with Gasteiger partial charge in [0, 0.05) is 11.3 Å². The summed E-state index contributed by atoms with van der Waals surface area (Å²) in [5, 5.41) is 12.1. The second-order valence-corrected chi connectivity index (χ2v) is 9.03. The number of para-hydroxylation sites is 1. The van der Waals surface area contributed by atoms with E-state index in [1.165, 1.54) is 11.8 Å². The van der Waals surface area contributed by atoms with Crippen molar-refractivity contribution in [1.29, 1.82) is 0 Å². The Morgan fingerprint density at radius 2 is 1.88 bits per heavy atom. The molecule has 1 unspecified atom stereocenters. The molecule has 1 amide bonds. The zero-order valence-electron chi connectivity index (χ0n) is 19.0. The van der Waals surface area contributed by atoms with Gasteiger partial charge in [-0.05, 0) is 56.2 Å². The minimum atomic E-state index is -0.387. The first-order valence-corrected chi connectivity index (χ1v) is 11.5. The molecule has 0 aliphatic heterocycles. The maximum atomic E-state index is 13.0. The lowest BCUT2D eigenvalue weighted by Crippen LogP contribution is -2.24. The van der Waals surface area contributed by atoms with E-state index < -0.39 is 0 Å². The summed E-state index contributed by atoms with van der Waals surface area (Å²) in [4.78, 5) is 13.0. The number of aromatic nitrogens is 3. The van der Waals surface area contributed by atoms with Crippen LogP contribution in [0.1, 0.15) is 23.8 Å². The maximum Gasteiger partial charge on any atom is 0.237 e. The third-order valence-corrected chi connectivity index (χ3v) is 6.40. The Hall–Kier alpha value is -3.52. The van der Waals surface area contributed by atoms with Gasteiger partial charge in [-0.25, -0.2) is 0 Å². The number of furan rings is 1. The van der Waals surface area contributed by atoms with Crippen molar-refractivity contribution in [3.63, 3.8) is 0 Å². The second-order valence-electron chi connectivity index (χ2n) is 7.72. The zero-order chi connectivity index (χ0) is 23.4. The van der Waals surface area contributed by atoms with Crippen LogP contribution >= 0.6 is 11.8 Å². The van der Waals surface area contributed by atoms with Gasteiger partial charge in [-0.1, -0.05) is 42.1 Å². The van der Waals surface area contributed by atoms with Crippen molar-refractivity contribution in [2.75, 3.05) is 12.4 Å². The first kappa shape index (κ1) is 22.7. The molecule has 0 spiro atoms. The number of methoxy groups -OCH3 is 1. The fourth-order valence-corrected chi connectivity index (χ4v) is 4.35. The summed E-state index contributed by atoms with van der Waals surface area (Å²) in [6, 6.07) is 17.4. The van der Waals surface area contributed by atoms with Crippen LogP contribution in [-0.4, -0.2) is 33.0 Å². The van der Waals surface area contributed by atoms with Crippen LogP contribution in [0.25, 0.3) is 11.4 Å². The number of rotatable bonds is 8. The highest BCUT2D eigenvalue weighted by molar-refractivity contribution is 8.00. The first-order chi connectivity index (χ1) is 16.0. The predicted molar refractivity (Wildman–Crippen MR) is 130 cm³/mol. The van der Waals surface area contributed by atoms with Gasteiger partial charge in [-0.2, -0.15) is 0 Å². The summed E-state index contributed by atoms with van der Waals surface area (Å²) in [5.41, 5.74) is 3.78. The van der Waals surface area contributed by atoms with E-state index in [0.29, 0.717) is 17.5 Å². The van der Waals surface area contributed by atoms with E-state index in [-0.39, 0.29) is 11.2 Å². The van der Waals surface area contributed by atoms with Crippen LogP contribution in [0.4, 0.5) is 5.69 Å². The molecular weight excluding hydrogens is 436 g/mol. The van der Waals surface area contributed by atoms with Gasteiger partial charge in [0.15, 0.2) is 11.0 Å². The standard InChI is InChI=1S/C25H26N4O3S/c1-16-8-5-9-17(2)22(16)26-24(30)18(3)33-25-28-27-23(19-10-6-11-20(14-19)31-4)29(25)15-21-12-7-13-32-21/h5-14,18H,15H2,1-4H3,(H,26,30). The highest BCUT2D eigenvalue weighted by atomic mass is 32.2. The van der Waals surface area contributed by atoms with Crippen molar-refractivity contribution < 1.29 is 13.9 Å². The monoisotopic (exact) mass is 462 g/mol. The highest BCUT2D eigenvalue weighted by Crippen LogP contribution is 2.30. The molecule has 0 aliphatic carbocycles. The number of ether oxygens (including phenoxy) is 1. The molecule has 170 valence electrons. The molecule has 0 aliphatic rings. The molecule has 0 saturated carbocycles. The van der Waals surface area contributed by atoms with Gasteiger partial charge >= 0.3 is 0 Å². The molecule has 33 heavy (non-hydrogen) atoms. The largest absolute Gasteiger partial charge is 0.497 e. The smallest absolute Gasteiger partial charge is 0.237 e. The number of nitrogens with zero attached hydrogens (tertiary/aromatic N) is 3. The molecule has 0 radical (unpaired) electrons.